The summed E-state index contributed by atoms with van der Waals surface area (Å²) in [7, 11) is 1.66. The number of carbonyl (C=O) groups excluding carboxylic acids is 1. The van der Waals surface area contributed by atoms with Crippen molar-refractivity contribution in [3.8, 4) is 0 Å². The third-order valence-corrected chi connectivity index (χ3v) is 11.8. The number of fused-ring (bicyclic) bond motifs is 5. The summed E-state index contributed by atoms with van der Waals surface area (Å²) < 4.78 is 5.43. The second kappa shape index (κ2) is 9.57. The summed E-state index contributed by atoms with van der Waals surface area (Å²) in [5.74, 6) is 5.71. The molecule has 0 aromatic carbocycles. The van der Waals surface area contributed by atoms with Crippen LogP contribution in [0.4, 0.5) is 0 Å². The predicted molar refractivity (Wildman–Crippen MR) is 135 cm³/mol. The van der Waals surface area contributed by atoms with Crippen molar-refractivity contribution < 1.29 is 14.6 Å². The molecule has 4 saturated carbocycles. The van der Waals surface area contributed by atoms with E-state index in [0.717, 1.165) is 36.0 Å². The highest BCUT2D eigenvalue weighted by Gasteiger charge is 2.63. The molecule has 0 aromatic heterocycles. The molecule has 0 aromatic rings. The van der Waals surface area contributed by atoms with Crippen molar-refractivity contribution in [1.29, 1.82) is 0 Å². The zero-order chi connectivity index (χ0) is 24.0. The molecule has 0 amide bonds. The van der Waals surface area contributed by atoms with Gasteiger partial charge in [-0.3, -0.25) is 4.79 Å². The molecule has 4 aliphatic carbocycles. The Morgan fingerprint density at radius 1 is 1.00 bits per heavy atom. The fourth-order valence-electron chi connectivity index (χ4n) is 9.90. The lowest BCUT2D eigenvalue weighted by Gasteiger charge is -2.62. The number of hydrogen-bond acceptors (Lipinski definition) is 3. The SMILES string of the molecule is COC[C@]1(CO)C[C@@H]2CC[C@@H]3[C@H](CC[C@]4(C)[C@@H]([C@H](C)CCCC(C)C)CC[C@@H]34)[C@@]2(C)CC1=O. The van der Waals surface area contributed by atoms with Crippen molar-refractivity contribution in [3.63, 3.8) is 0 Å². The second-order valence-corrected chi connectivity index (χ2v) is 13.9. The van der Waals surface area contributed by atoms with E-state index >= 15 is 0 Å². The van der Waals surface area contributed by atoms with Gasteiger partial charge >= 0.3 is 0 Å². The van der Waals surface area contributed by atoms with E-state index in [-0.39, 0.29) is 17.8 Å². The summed E-state index contributed by atoms with van der Waals surface area (Å²) in [5.41, 5.74) is -0.0290. The average molecular weight is 461 g/mol. The van der Waals surface area contributed by atoms with Gasteiger partial charge in [0.2, 0.25) is 0 Å². The van der Waals surface area contributed by atoms with E-state index in [4.69, 9.17) is 4.74 Å². The molecule has 0 saturated heterocycles. The molecule has 4 fully saturated rings. The minimum absolute atomic E-state index is 0.0581. The fraction of sp³-hybridized carbons (Fsp3) is 0.967. The Hall–Kier alpha value is -0.410. The monoisotopic (exact) mass is 460 g/mol. The molecular weight excluding hydrogens is 408 g/mol. The van der Waals surface area contributed by atoms with Gasteiger partial charge in [-0.25, -0.2) is 0 Å². The summed E-state index contributed by atoms with van der Waals surface area (Å²) in [6, 6.07) is 0. The Balaban J connectivity index is 1.49. The third kappa shape index (κ3) is 4.26. The molecule has 9 atom stereocenters. The number of Topliss-reactive ketones (excluding diaryl/α,β-unsaturated/α-hetero) is 1. The number of hydrogen-bond donors (Lipinski definition) is 1. The van der Waals surface area contributed by atoms with Crippen LogP contribution in [0.25, 0.3) is 0 Å². The van der Waals surface area contributed by atoms with Crippen LogP contribution in [0, 0.1) is 57.7 Å². The van der Waals surface area contributed by atoms with E-state index in [9.17, 15) is 9.90 Å². The first kappa shape index (κ1) is 25.7. The van der Waals surface area contributed by atoms with Gasteiger partial charge in [-0.15, -0.1) is 0 Å². The molecule has 33 heavy (non-hydrogen) atoms. The first-order chi connectivity index (χ1) is 15.6. The van der Waals surface area contributed by atoms with E-state index in [1.807, 2.05) is 0 Å². The average Bonchev–Trinajstić information content (AvgIpc) is 3.11. The van der Waals surface area contributed by atoms with Crippen LogP contribution in [0.5, 0.6) is 0 Å². The quantitative estimate of drug-likeness (QED) is 0.428. The lowest BCUT2D eigenvalue weighted by molar-refractivity contribution is -0.167. The Morgan fingerprint density at radius 3 is 2.39 bits per heavy atom. The van der Waals surface area contributed by atoms with Crippen LogP contribution >= 0.6 is 0 Å². The number of aliphatic hydroxyl groups is 1. The highest BCUT2D eigenvalue weighted by atomic mass is 16.5. The first-order valence-electron chi connectivity index (χ1n) is 14.2. The summed E-state index contributed by atoms with van der Waals surface area (Å²) in [6.45, 7) is 12.7. The Labute approximate surface area is 203 Å². The second-order valence-electron chi connectivity index (χ2n) is 13.9. The van der Waals surface area contributed by atoms with Gasteiger partial charge < -0.3 is 9.84 Å². The van der Waals surface area contributed by atoms with E-state index in [2.05, 4.69) is 34.6 Å². The third-order valence-electron chi connectivity index (χ3n) is 11.8. The Bertz CT molecular complexity index is 703. The molecule has 4 rings (SSSR count). The Kier molecular flexibility index (Phi) is 7.44. The maximum Gasteiger partial charge on any atom is 0.144 e. The van der Waals surface area contributed by atoms with Crippen LogP contribution < -0.4 is 0 Å². The predicted octanol–water partition coefficient (Wildman–Crippen LogP) is 6.91. The van der Waals surface area contributed by atoms with E-state index in [1.165, 1.54) is 57.8 Å². The number of ether oxygens (including phenoxy) is 1. The van der Waals surface area contributed by atoms with Crippen molar-refractivity contribution in [2.75, 3.05) is 20.3 Å². The molecule has 1 N–H and O–H groups in total. The topological polar surface area (TPSA) is 46.5 Å². The molecule has 0 aliphatic heterocycles. The van der Waals surface area contributed by atoms with Crippen molar-refractivity contribution >= 4 is 5.78 Å². The van der Waals surface area contributed by atoms with Gasteiger partial charge in [-0.05, 0) is 97.2 Å². The first-order valence-corrected chi connectivity index (χ1v) is 14.2. The molecule has 0 bridgehead atoms. The molecule has 190 valence electrons. The largest absolute Gasteiger partial charge is 0.395 e. The fourth-order valence-corrected chi connectivity index (χ4v) is 9.90. The molecule has 0 unspecified atom stereocenters. The van der Waals surface area contributed by atoms with Crippen molar-refractivity contribution in [1.82, 2.24) is 0 Å². The minimum atomic E-state index is -0.654. The van der Waals surface area contributed by atoms with Gasteiger partial charge in [0.05, 0.1) is 18.6 Å². The van der Waals surface area contributed by atoms with Crippen LogP contribution in [0.15, 0.2) is 0 Å². The highest BCUT2D eigenvalue weighted by Crippen LogP contribution is 2.69. The normalized spacial score (nSPS) is 46.1. The highest BCUT2D eigenvalue weighted by molar-refractivity contribution is 5.86. The molecule has 3 heteroatoms. The van der Waals surface area contributed by atoms with E-state index in [1.54, 1.807) is 7.11 Å². The summed E-state index contributed by atoms with van der Waals surface area (Å²) in [6.07, 6.45) is 13.7. The van der Waals surface area contributed by atoms with Crippen LogP contribution in [-0.4, -0.2) is 31.2 Å². The molecule has 0 radical (unpaired) electrons. The van der Waals surface area contributed by atoms with Crippen LogP contribution in [0.3, 0.4) is 0 Å². The molecule has 0 spiro atoms. The van der Waals surface area contributed by atoms with E-state index in [0.29, 0.717) is 30.3 Å². The summed E-state index contributed by atoms with van der Waals surface area (Å²) >= 11 is 0. The zero-order valence-corrected chi connectivity index (χ0v) is 22.5. The lowest BCUT2D eigenvalue weighted by atomic mass is 9.42. The maximum atomic E-state index is 13.4. The number of rotatable bonds is 8. The van der Waals surface area contributed by atoms with Crippen molar-refractivity contribution in [2.24, 2.45) is 57.7 Å². The van der Waals surface area contributed by atoms with Crippen LogP contribution in [0.2, 0.25) is 0 Å². The van der Waals surface area contributed by atoms with Crippen molar-refractivity contribution in [3.05, 3.63) is 0 Å². The Morgan fingerprint density at radius 2 is 1.73 bits per heavy atom. The smallest absolute Gasteiger partial charge is 0.144 e. The minimum Gasteiger partial charge on any atom is -0.395 e. The number of carbonyl (C=O) groups is 1. The maximum absolute atomic E-state index is 13.4. The van der Waals surface area contributed by atoms with Gasteiger partial charge in [0.25, 0.3) is 0 Å². The van der Waals surface area contributed by atoms with Crippen LogP contribution in [-0.2, 0) is 9.53 Å². The molecular formula is C30H52O3. The lowest BCUT2D eigenvalue weighted by Crippen LogP contribution is -2.58. The number of methoxy groups -OCH3 is 1. The molecule has 3 nitrogen and oxygen atoms in total. The van der Waals surface area contributed by atoms with Crippen LogP contribution in [0.1, 0.15) is 105 Å². The molecule has 0 heterocycles. The summed E-state index contributed by atoms with van der Waals surface area (Å²) in [4.78, 5) is 13.4. The van der Waals surface area contributed by atoms with Gasteiger partial charge in [0, 0.05) is 13.5 Å². The summed E-state index contributed by atoms with van der Waals surface area (Å²) in [5, 5.41) is 10.2. The van der Waals surface area contributed by atoms with Gasteiger partial charge in [-0.1, -0.05) is 53.9 Å². The van der Waals surface area contributed by atoms with E-state index < -0.39 is 5.41 Å². The number of ketones is 1. The van der Waals surface area contributed by atoms with Crippen molar-refractivity contribution in [2.45, 2.75) is 105 Å². The number of aliphatic hydroxyl groups excluding tert-OH is 1. The molecule has 4 aliphatic rings. The van der Waals surface area contributed by atoms with Gasteiger partial charge in [0.15, 0.2) is 0 Å². The standard InChI is InChI=1S/C30H52O3/c1-20(2)8-7-9-21(3)24-12-13-25-23-11-10-22-16-30(18-31,19-33-6)27(32)17-29(22,5)26(23)14-15-28(24,25)4/h20-26,31H,7-19H2,1-6H3/t21-,22+,23+,24-,25+,26+,28-,29+,30-/m1/s1. The van der Waals surface area contributed by atoms with Gasteiger partial charge in [0.1, 0.15) is 5.78 Å². The zero-order valence-electron chi connectivity index (χ0n) is 22.5. The van der Waals surface area contributed by atoms with Gasteiger partial charge in [-0.2, -0.15) is 0 Å².